The molecule has 9 nitrogen and oxygen atoms in total. The number of alkyl halides is 1. The SMILES string of the molecule is Nc1ncnc2c1ncn2[C@@H]1O[C@H](CO)[C@@H](O)[C@H]1OCCCCCCCCCCBr. The first-order valence-corrected chi connectivity index (χ1v) is 11.8. The summed E-state index contributed by atoms with van der Waals surface area (Å²) in [5.41, 5.74) is 6.84. The van der Waals surface area contributed by atoms with Crippen LogP contribution in [0.5, 0.6) is 0 Å². The maximum atomic E-state index is 10.6. The Kier molecular flexibility index (Phi) is 9.26. The van der Waals surface area contributed by atoms with Crippen molar-refractivity contribution in [3.8, 4) is 0 Å². The summed E-state index contributed by atoms with van der Waals surface area (Å²) in [4.78, 5) is 12.4. The number of nitrogen functional groups attached to an aromatic ring is 1. The molecule has 1 aliphatic heterocycles. The van der Waals surface area contributed by atoms with E-state index in [1.807, 2.05) is 0 Å². The fraction of sp³-hybridized carbons (Fsp3) is 0.750. The minimum Gasteiger partial charge on any atom is -0.394 e. The van der Waals surface area contributed by atoms with E-state index in [4.69, 9.17) is 15.2 Å². The van der Waals surface area contributed by atoms with E-state index in [9.17, 15) is 10.2 Å². The van der Waals surface area contributed by atoms with Crippen LogP contribution in [0.25, 0.3) is 11.2 Å². The summed E-state index contributed by atoms with van der Waals surface area (Å²) in [6, 6.07) is 0. The topological polar surface area (TPSA) is 129 Å². The van der Waals surface area contributed by atoms with Crippen LogP contribution < -0.4 is 5.73 Å². The molecule has 168 valence electrons. The van der Waals surface area contributed by atoms with Gasteiger partial charge in [0.1, 0.15) is 30.2 Å². The summed E-state index contributed by atoms with van der Waals surface area (Å²) in [6.07, 6.45) is 9.54. The highest BCUT2D eigenvalue weighted by Gasteiger charge is 2.45. The molecule has 2 aromatic heterocycles. The largest absolute Gasteiger partial charge is 0.394 e. The first kappa shape index (κ1) is 23.3. The van der Waals surface area contributed by atoms with Gasteiger partial charge in [-0.15, -0.1) is 0 Å². The number of nitrogens with zero attached hydrogens (tertiary/aromatic N) is 4. The lowest BCUT2D eigenvalue weighted by Gasteiger charge is -2.22. The smallest absolute Gasteiger partial charge is 0.167 e. The van der Waals surface area contributed by atoms with Gasteiger partial charge in [0.05, 0.1) is 12.9 Å². The molecular formula is C20H32BrN5O4. The second-order valence-electron chi connectivity index (χ2n) is 7.67. The fourth-order valence-electron chi connectivity index (χ4n) is 3.81. The molecule has 4 atom stereocenters. The third-order valence-electron chi connectivity index (χ3n) is 5.49. The number of anilines is 1. The number of aliphatic hydroxyl groups is 2. The molecule has 0 amide bonds. The van der Waals surface area contributed by atoms with Crippen LogP contribution >= 0.6 is 15.9 Å². The summed E-state index contributed by atoms with van der Waals surface area (Å²) < 4.78 is 13.6. The maximum Gasteiger partial charge on any atom is 0.167 e. The lowest BCUT2D eigenvalue weighted by Crippen LogP contribution is -2.35. The maximum absolute atomic E-state index is 10.6. The van der Waals surface area contributed by atoms with E-state index in [0.29, 0.717) is 17.8 Å². The van der Waals surface area contributed by atoms with Crippen molar-refractivity contribution < 1.29 is 19.7 Å². The van der Waals surface area contributed by atoms with Gasteiger partial charge < -0.3 is 25.4 Å². The molecule has 1 fully saturated rings. The number of fused-ring (bicyclic) bond motifs is 1. The molecule has 0 aromatic carbocycles. The Morgan fingerprint density at radius 1 is 1.07 bits per heavy atom. The highest BCUT2D eigenvalue weighted by Crippen LogP contribution is 2.34. The van der Waals surface area contributed by atoms with Crippen LogP contribution in [0.4, 0.5) is 5.82 Å². The Hall–Kier alpha value is -1.33. The number of imidazole rings is 1. The number of unbranched alkanes of at least 4 members (excludes halogenated alkanes) is 7. The van der Waals surface area contributed by atoms with E-state index in [0.717, 1.165) is 18.2 Å². The molecule has 0 unspecified atom stereocenters. The number of aromatic nitrogens is 4. The van der Waals surface area contributed by atoms with Gasteiger partial charge in [-0.25, -0.2) is 15.0 Å². The minimum atomic E-state index is -0.939. The fourth-order valence-corrected chi connectivity index (χ4v) is 4.20. The van der Waals surface area contributed by atoms with Crippen molar-refractivity contribution in [2.75, 3.05) is 24.3 Å². The molecule has 0 radical (unpaired) electrons. The van der Waals surface area contributed by atoms with Gasteiger partial charge in [-0.3, -0.25) is 4.57 Å². The zero-order valence-electron chi connectivity index (χ0n) is 17.2. The van der Waals surface area contributed by atoms with Crippen LogP contribution in [-0.4, -0.2) is 66.6 Å². The number of aliphatic hydroxyl groups excluding tert-OH is 2. The van der Waals surface area contributed by atoms with Gasteiger partial charge in [0.25, 0.3) is 0 Å². The summed E-state index contributed by atoms with van der Waals surface area (Å²) in [5, 5.41) is 21.2. The van der Waals surface area contributed by atoms with Crippen molar-refractivity contribution in [3.05, 3.63) is 12.7 Å². The van der Waals surface area contributed by atoms with Gasteiger partial charge in [-0.05, 0) is 12.8 Å². The van der Waals surface area contributed by atoms with Gasteiger partial charge in [0.15, 0.2) is 17.7 Å². The second kappa shape index (κ2) is 11.9. The van der Waals surface area contributed by atoms with E-state index < -0.39 is 24.5 Å². The Morgan fingerprint density at radius 3 is 2.47 bits per heavy atom. The van der Waals surface area contributed by atoms with Crippen molar-refractivity contribution in [2.45, 2.75) is 75.9 Å². The van der Waals surface area contributed by atoms with Crippen LogP contribution in [-0.2, 0) is 9.47 Å². The third kappa shape index (κ3) is 5.67. The van der Waals surface area contributed by atoms with Gasteiger partial charge in [0, 0.05) is 11.9 Å². The highest BCUT2D eigenvalue weighted by molar-refractivity contribution is 9.09. The predicted octanol–water partition coefficient (Wildman–Crippen LogP) is 2.56. The van der Waals surface area contributed by atoms with Gasteiger partial charge in [-0.2, -0.15) is 0 Å². The summed E-state index contributed by atoms with van der Waals surface area (Å²) >= 11 is 3.46. The standard InChI is InChI=1S/C20H32BrN5O4/c21-9-7-5-3-1-2-4-6-8-10-29-17-16(28)14(11-27)30-20(17)26-13-25-15-18(22)23-12-24-19(15)26/h12-14,16-17,20,27-28H,1-11H2,(H2,22,23,24)/t14-,16-,17-,20-/m1/s1. The number of rotatable bonds is 13. The van der Waals surface area contributed by atoms with E-state index in [-0.39, 0.29) is 12.4 Å². The zero-order chi connectivity index (χ0) is 21.3. The average Bonchev–Trinajstić information content (AvgIpc) is 3.31. The summed E-state index contributed by atoms with van der Waals surface area (Å²) in [6.45, 7) is 0.226. The molecule has 3 rings (SSSR count). The van der Waals surface area contributed by atoms with E-state index >= 15 is 0 Å². The van der Waals surface area contributed by atoms with Crippen LogP contribution in [0.1, 0.15) is 57.6 Å². The minimum absolute atomic E-state index is 0.278. The molecule has 4 N–H and O–H groups in total. The van der Waals surface area contributed by atoms with Crippen molar-refractivity contribution in [3.63, 3.8) is 0 Å². The molecule has 0 saturated carbocycles. The quantitative estimate of drug-likeness (QED) is 0.291. The van der Waals surface area contributed by atoms with Gasteiger partial charge >= 0.3 is 0 Å². The number of hydrogen-bond acceptors (Lipinski definition) is 8. The number of halogens is 1. The van der Waals surface area contributed by atoms with Crippen LogP contribution in [0.15, 0.2) is 12.7 Å². The molecular weight excluding hydrogens is 454 g/mol. The lowest BCUT2D eigenvalue weighted by atomic mass is 10.1. The molecule has 10 heteroatoms. The molecule has 0 spiro atoms. The predicted molar refractivity (Wildman–Crippen MR) is 117 cm³/mol. The van der Waals surface area contributed by atoms with Gasteiger partial charge in [-0.1, -0.05) is 54.5 Å². The molecule has 30 heavy (non-hydrogen) atoms. The molecule has 2 aromatic rings. The van der Waals surface area contributed by atoms with Crippen molar-refractivity contribution in [2.24, 2.45) is 0 Å². The van der Waals surface area contributed by atoms with E-state index in [1.165, 1.54) is 44.9 Å². The summed E-state index contributed by atoms with van der Waals surface area (Å²) in [5.74, 6) is 0.278. The zero-order valence-corrected chi connectivity index (χ0v) is 18.8. The van der Waals surface area contributed by atoms with Crippen LogP contribution in [0, 0.1) is 0 Å². The van der Waals surface area contributed by atoms with Crippen molar-refractivity contribution >= 4 is 32.9 Å². The third-order valence-corrected chi connectivity index (χ3v) is 6.05. The average molecular weight is 486 g/mol. The van der Waals surface area contributed by atoms with Crippen LogP contribution in [0.3, 0.4) is 0 Å². The highest BCUT2D eigenvalue weighted by atomic mass is 79.9. The molecule has 3 heterocycles. The lowest BCUT2D eigenvalue weighted by molar-refractivity contribution is -0.0711. The second-order valence-corrected chi connectivity index (χ2v) is 8.47. The van der Waals surface area contributed by atoms with Gasteiger partial charge in [0.2, 0.25) is 0 Å². The Labute approximate surface area is 185 Å². The van der Waals surface area contributed by atoms with E-state index in [1.54, 1.807) is 10.9 Å². The molecule has 1 aliphatic rings. The number of nitrogens with two attached hydrogens (primary N) is 1. The molecule has 0 aliphatic carbocycles. The van der Waals surface area contributed by atoms with E-state index in [2.05, 4.69) is 30.9 Å². The Morgan fingerprint density at radius 2 is 1.77 bits per heavy atom. The number of hydrogen-bond donors (Lipinski definition) is 3. The van der Waals surface area contributed by atoms with Crippen molar-refractivity contribution in [1.29, 1.82) is 0 Å². The first-order valence-electron chi connectivity index (χ1n) is 10.7. The number of ether oxygens (including phenoxy) is 2. The van der Waals surface area contributed by atoms with Crippen LogP contribution in [0.2, 0.25) is 0 Å². The summed E-state index contributed by atoms with van der Waals surface area (Å²) in [7, 11) is 0. The van der Waals surface area contributed by atoms with Crippen molar-refractivity contribution in [1.82, 2.24) is 19.5 Å². The molecule has 0 bridgehead atoms. The molecule has 1 saturated heterocycles. The Balaban J connectivity index is 1.51. The monoisotopic (exact) mass is 485 g/mol. The normalized spacial score (nSPS) is 24.1. The Bertz CT molecular complexity index is 777. The first-order chi connectivity index (χ1) is 14.7.